The molecule has 2 heterocycles. The predicted octanol–water partition coefficient (Wildman–Crippen LogP) is 2.01. The summed E-state index contributed by atoms with van der Waals surface area (Å²) in [7, 11) is 0. The number of fused-ring (bicyclic) bond motifs is 1. The molecular formula is C9H10ClN3. The van der Waals surface area contributed by atoms with Crippen LogP contribution in [0, 0.1) is 0 Å². The van der Waals surface area contributed by atoms with E-state index in [4.69, 9.17) is 17.3 Å². The molecule has 0 radical (unpaired) electrons. The number of pyridine rings is 1. The van der Waals surface area contributed by atoms with Crippen LogP contribution in [0.1, 0.15) is 18.7 Å². The van der Waals surface area contributed by atoms with Gasteiger partial charge in [0.25, 0.3) is 0 Å². The van der Waals surface area contributed by atoms with Crippen LogP contribution in [0.4, 0.5) is 0 Å². The number of hydrogen-bond acceptors (Lipinski definition) is 2. The highest BCUT2D eigenvalue weighted by Gasteiger charge is 2.07. The number of aromatic nitrogens is 2. The van der Waals surface area contributed by atoms with Crippen molar-refractivity contribution in [3.05, 3.63) is 35.4 Å². The van der Waals surface area contributed by atoms with Gasteiger partial charge in [0.1, 0.15) is 0 Å². The van der Waals surface area contributed by atoms with E-state index in [-0.39, 0.29) is 6.04 Å². The Bertz CT molecular complexity index is 433. The second kappa shape index (κ2) is 3.01. The zero-order valence-electron chi connectivity index (χ0n) is 7.24. The summed E-state index contributed by atoms with van der Waals surface area (Å²) in [4.78, 5) is 4.22. The van der Waals surface area contributed by atoms with Crippen LogP contribution in [0.15, 0.2) is 24.7 Å². The molecule has 0 spiro atoms. The minimum atomic E-state index is -0.0662. The number of halogens is 1. The Morgan fingerprint density at radius 2 is 2.38 bits per heavy atom. The van der Waals surface area contributed by atoms with Crippen molar-refractivity contribution in [2.45, 2.75) is 13.0 Å². The van der Waals surface area contributed by atoms with Crippen LogP contribution >= 0.6 is 11.6 Å². The lowest BCUT2D eigenvalue weighted by atomic mass is 10.2. The molecule has 1 unspecified atom stereocenters. The van der Waals surface area contributed by atoms with Gasteiger partial charge in [-0.25, -0.2) is 4.98 Å². The van der Waals surface area contributed by atoms with Crippen LogP contribution in [0.5, 0.6) is 0 Å². The Labute approximate surface area is 81.1 Å². The van der Waals surface area contributed by atoms with Gasteiger partial charge < -0.3 is 10.1 Å². The average Bonchev–Trinajstić information content (AvgIpc) is 2.46. The molecule has 0 saturated carbocycles. The molecule has 2 aromatic heterocycles. The van der Waals surface area contributed by atoms with E-state index in [9.17, 15) is 0 Å². The van der Waals surface area contributed by atoms with Gasteiger partial charge in [0, 0.05) is 17.3 Å². The van der Waals surface area contributed by atoms with E-state index in [0.717, 1.165) is 11.2 Å². The highest BCUT2D eigenvalue weighted by molar-refractivity contribution is 6.30. The highest BCUT2D eigenvalue weighted by Crippen LogP contribution is 2.18. The second-order valence-electron chi connectivity index (χ2n) is 3.06. The lowest BCUT2D eigenvalue weighted by Crippen LogP contribution is -2.05. The van der Waals surface area contributed by atoms with Crippen LogP contribution in [0.2, 0.25) is 5.02 Å². The molecule has 4 heteroatoms. The molecule has 3 nitrogen and oxygen atoms in total. The number of imidazole rings is 1. The Hall–Kier alpha value is -1.06. The lowest BCUT2D eigenvalue weighted by molar-refractivity contribution is 0.796. The van der Waals surface area contributed by atoms with Crippen LogP contribution in [-0.2, 0) is 0 Å². The summed E-state index contributed by atoms with van der Waals surface area (Å²) >= 11 is 5.87. The number of rotatable bonds is 1. The quantitative estimate of drug-likeness (QED) is 0.757. The average molecular weight is 196 g/mol. The third kappa shape index (κ3) is 1.41. The second-order valence-corrected chi connectivity index (χ2v) is 3.49. The van der Waals surface area contributed by atoms with Gasteiger partial charge in [0.15, 0.2) is 0 Å². The minimum Gasteiger partial charge on any atom is -0.323 e. The molecule has 0 amide bonds. The first kappa shape index (κ1) is 8.53. The van der Waals surface area contributed by atoms with E-state index in [1.807, 2.05) is 29.7 Å². The first-order chi connectivity index (χ1) is 6.18. The van der Waals surface area contributed by atoms with E-state index in [1.165, 1.54) is 0 Å². The van der Waals surface area contributed by atoms with Crippen molar-refractivity contribution in [2.75, 3.05) is 0 Å². The summed E-state index contributed by atoms with van der Waals surface area (Å²) in [6.45, 7) is 1.91. The Balaban J connectivity index is 2.71. The van der Waals surface area contributed by atoms with Gasteiger partial charge in [-0.05, 0) is 19.1 Å². The molecule has 2 aromatic rings. The molecule has 0 aliphatic rings. The van der Waals surface area contributed by atoms with Crippen molar-refractivity contribution in [1.29, 1.82) is 0 Å². The van der Waals surface area contributed by atoms with Crippen molar-refractivity contribution in [3.8, 4) is 0 Å². The fourth-order valence-corrected chi connectivity index (χ4v) is 1.49. The first-order valence-corrected chi connectivity index (χ1v) is 4.44. The standard InChI is InChI=1S/C9H10ClN3/c1-6(11)9-8-4-7(10)2-3-13(8)5-12-9/h2-6H,11H2,1H3. The summed E-state index contributed by atoms with van der Waals surface area (Å²) in [5.41, 5.74) is 7.61. The zero-order chi connectivity index (χ0) is 9.42. The molecule has 0 aliphatic heterocycles. The normalized spacial score (nSPS) is 13.5. The van der Waals surface area contributed by atoms with Crippen LogP contribution < -0.4 is 5.73 Å². The Morgan fingerprint density at radius 1 is 1.62 bits per heavy atom. The smallest absolute Gasteiger partial charge is 0.0996 e. The molecule has 2 rings (SSSR count). The molecule has 68 valence electrons. The third-order valence-electron chi connectivity index (χ3n) is 1.96. The molecular weight excluding hydrogens is 186 g/mol. The van der Waals surface area contributed by atoms with Gasteiger partial charge in [-0.15, -0.1) is 0 Å². The fraction of sp³-hybridized carbons (Fsp3) is 0.222. The number of nitrogens with zero attached hydrogens (tertiary/aromatic N) is 2. The van der Waals surface area contributed by atoms with Gasteiger partial charge in [0.05, 0.1) is 17.5 Å². The number of hydrogen-bond donors (Lipinski definition) is 1. The molecule has 0 aliphatic carbocycles. The van der Waals surface area contributed by atoms with Crippen LogP contribution in [0.25, 0.3) is 5.52 Å². The SMILES string of the molecule is CC(N)c1ncn2ccc(Cl)cc12. The minimum absolute atomic E-state index is 0.0662. The summed E-state index contributed by atoms with van der Waals surface area (Å²) in [5.74, 6) is 0. The van der Waals surface area contributed by atoms with Gasteiger partial charge in [-0.1, -0.05) is 11.6 Å². The summed E-state index contributed by atoms with van der Waals surface area (Å²) in [6.07, 6.45) is 3.61. The molecule has 0 saturated heterocycles. The van der Waals surface area contributed by atoms with E-state index in [2.05, 4.69) is 4.98 Å². The fourth-order valence-electron chi connectivity index (χ4n) is 1.33. The van der Waals surface area contributed by atoms with Crippen LogP contribution in [-0.4, -0.2) is 9.38 Å². The summed E-state index contributed by atoms with van der Waals surface area (Å²) in [5, 5.41) is 0.704. The molecule has 2 N–H and O–H groups in total. The lowest BCUT2D eigenvalue weighted by Gasteiger charge is -2.01. The predicted molar refractivity (Wildman–Crippen MR) is 52.8 cm³/mol. The number of nitrogens with two attached hydrogens (primary N) is 1. The monoisotopic (exact) mass is 195 g/mol. The highest BCUT2D eigenvalue weighted by atomic mass is 35.5. The van der Waals surface area contributed by atoms with Gasteiger partial charge in [0.2, 0.25) is 0 Å². The Morgan fingerprint density at radius 3 is 3.08 bits per heavy atom. The van der Waals surface area contributed by atoms with Crippen molar-refractivity contribution in [3.63, 3.8) is 0 Å². The largest absolute Gasteiger partial charge is 0.323 e. The topological polar surface area (TPSA) is 43.3 Å². The molecule has 0 fully saturated rings. The maximum Gasteiger partial charge on any atom is 0.0996 e. The summed E-state index contributed by atoms with van der Waals surface area (Å²) in [6, 6.07) is 3.62. The van der Waals surface area contributed by atoms with Crippen molar-refractivity contribution >= 4 is 17.1 Å². The van der Waals surface area contributed by atoms with Crippen molar-refractivity contribution in [2.24, 2.45) is 5.73 Å². The van der Waals surface area contributed by atoms with E-state index in [0.29, 0.717) is 5.02 Å². The molecule has 13 heavy (non-hydrogen) atoms. The first-order valence-electron chi connectivity index (χ1n) is 4.06. The molecule has 1 atom stereocenters. The van der Waals surface area contributed by atoms with Gasteiger partial charge in [-0.3, -0.25) is 0 Å². The van der Waals surface area contributed by atoms with Crippen LogP contribution in [0.3, 0.4) is 0 Å². The van der Waals surface area contributed by atoms with E-state index < -0.39 is 0 Å². The van der Waals surface area contributed by atoms with Crippen molar-refractivity contribution in [1.82, 2.24) is 9.38 Å². The van der Waals surface area contributed by atoms with E-state index >= 15 is 0 Å². The molecule has 0 bridgehead atoms. The van der Waals surface area contributed by atoms with E-state index in [1.54, 1.807) is 6.33 Å². The maximum absolute atomic E-state index is 5.87. The summed E-state index contributed by atoms with van der Waals surface area (Å²) < 4.78 is 1.91. The van der Waals surface area contributed by atoms with Crippen molar-refractivity contribution < 1.29 is 0 Å². The molecule has 0 aromatic carbocycles. The Kier molecular flexibility index (Phi) is 1.98. The third-order valence-corrected chi connectivity index (χ3v) is 2.20. The maximum atomic E-state index is 5.87. The zero-order valence-corrected chi connectivity index (χ0v) is 7.99. The van der Waals surface area contributed by atoms with Gasteiger partial charge in [-0.2, -0.15) is 0 Å². The van der Waals surface area contributed by atoms with Gasteiger partial charge >= 0.3 is 0 Å².